The van der Waals surface area contributed by atoms with Gasteiger partial charge in [0.15, 0.2) is 5.78 Å². The zero-order valence-electron chi connectivity index (χ0n) is 13.4. The van der Waals surface area contributed by atoms with Gasteiger partial charge in [-0.25, -0.2) is 4.79 Å². The molecule has 2 amide bonds. The molecule has 6 nitrogen and oxygen atoms in total. The van der Waals surface area contributed by atoms with E-state index in [9.17, 15) is 14.4 Å². The Labute approximate surface area is 120 Å². The number of carbonyl (C=O) groups excluding carboxylic acids is 3. The molecule has 0 fully saturated rings. The fraction of sp³-hybridized carbons (Fsp3) is 0.786. The average molecular weight is 286 g/mol. The minimum Gasteiger partial charge on any atom is -0.444 e. The van der Waals surface area contributed by atoms with Crippen LogP contribution < -0.4 is 10.6 Å². The van der Waals surface area contributed by atoms with E-state index in [1.54, 1.807) is 41.5 Å². The molecule has 1 atom stereocenters. The zero-order chi connectivity index (χ0) is 16.1. The molecule has 0 heterocycles. The Morgan fingerprint density at radius 1 is 1.05 bits per heavy atom. The number of ketones is 1. The minimum absolute atomic E-state index is 0.0529. The van der Waals surface area contributed by atoms with E-state index >= 15 is 0 Å². The van der Waals surface area contributed by atoms with Crippen molar-refractivity contribution in [3.8, 4) is 0 Å². The molecule has 0 aromatic carbocycles. The Balaban J connectivity index is 4.24. The number of carbonyl (C=O) groups is 3. The maximum atomic E-state index is 11.7. The van der Waals surface area contributed by atoms with Gasteiger partial charge in [0.25, 0.3) is 0 Å². The highest BCUT2D eigenvalue weighted by Gasteiger charge is 2.24. The van der Waals surface area contributed by atoms with Crippen LogP contribution in [-0.2, 0) is 14.3 Å². The van der Waals surface area contributed by atoms with Gasteiger partial charge in [0.1, 0.15) is 11.6 Å². The van der Waals surface area contributed by atoms with E-state index in [0.717, 1.165) is 0 Å². The third-order valence-corrected chi connectivity index (χ3v) is 2.39. The standard InChI is InChI=1S/C14H26N2O4/c1-9(16-12(19)20-14(5,6)7)11(18)15-8-10(17)13(2,3)4/h9H,8H2,1-7H3,(H,15,18)(H,16,19)/t9-/m0/s1. The fourth-order valence-electron chi connectivity index (χ4n) is 1.14. The highest BCUT2D eigenvalue weighted by Crippen LogP contribution is 2.13. The largest absolute Gasteiger partial charge is 0.444 e. The smallest absolute Gasteiger partial charge is 0.408 e. The van der Waals surface area contributed by atoms with Gasteiger partial charge in [-0.3, -0.25) is 9.59 Å². The summed E-state index contributed by atoms with van der Waals surface area (Å²) in [4.78, 5) is 34.9. The van der Waals surface area contributed by atoms with Crippen LogP contribution in [0.2, 0.25) is 0 Å². The lowest BCUT2D eigenvalue weighted by atomic mass is 9.91. The van der Waals surface area contributed by atoms with Crippen LogP contribution in [0.1, 0.15) is 48.5 Å². The Bertz CT molecular complexity index is 378. The first-order chi connectivity index (χ1) is 8.83. The summed E-state index contributed by atoms with van der Waals surface area (Å²) in [6.07, 6.45) is -0.665. The highest BCUT2D eigenvalue weighted by atomic mass is 16.6. The van der Waals surface area contributed by atoms with Gasteiger partial charge in [-0.05, 0) is 27.7 Å². The molecule has 116 valence electrons. The Morgan fingerprint density at radius 3 is 1.95 bits per heavy atom. The molecule has 0 aromatic heterocycles. The molecule has 0 saturated heterocycles. The molecule has 6 heteroatoms. The molecule has 0 aliphatic carbocycles. The topological polar surface area (TPSA) is 84.5 Å². The molecule has 0 bridgehead atoms. The van der Waals surface area contributed by atoms with Gasteiger partial charge in [-0.2, -0.15) is 0 Å². The van der Waals surface area contributed by atoms with Gasteiger partial charge < -0.3 is 15.4 Å². The molecule has 20 heavy (non-hydrogen) atoms. The van der Waals surface area contributed by atoms with Crippen LogP contribution >= 0.6 is 0 Å². The van der Waals surface area contributed by atoms with E-state index in [-0.39, 0.29) is 12.3 Å². The number of nitrogens with one attached hydrogen (secondary N) is 2. The summed E-state index contributed by atoms with van der Waals surface area (Å²) >= 11 is 0. The maximum absolute atomic E-state index is 11.7. The van der Waals surface area contributed by atoms with E-state index in [1.807, 2.05) is 0 Å². The first-order valence-corrected chi connectivity index (χ1v) is 6.63. The number of amides is 2. The Hall–Kier alpha value is -1.59. The summed E-state index contributed by atoms with van der Waals surface area (Å²) in [5, 5.41) is 4.91. The second-order valence-electron chi connectivity index (χ2n) is 6.76. The van der Waals surface area contributed by atoms with Crippen LogP contribution in [0.3, 0.4) is 0 Å². The van der Waals surface area contributed by atoms with Crippen molar-refractivity contribution in [3.05, 3.63) is 0 Å². The van der Waals surface area contributed by atoms with Crippen LogP contribution in [0.15, 0.2) is 0 Å². The second kappa shape index (κ2) is 6.72. The minimum atomic E-state index is -0.766. The molecule has 0 unspecified atom stereocenters. The van der Waals surface area contributed by atoms with Gasteiger partial charge in [0.05, 0.1) is 6.54 Å². The highest BCUT2D eigenvalue weighted by molar-refractivity contribution is 5.91. The van der Waals surface area contributed by atoms with Crippen molar-refractivity contribution in [2.45, 2.75) is 60.1 Å². The Morgan fingerprint density at radius 2 is 1.55 bits per heavy atom. The van der Waals surface area contributed by atoms with Gasteiger partial charge in [-0.1, -0.05) is 20.8 Å². The monoisotopic (exact) mass is 286 g/mol. The SMILES string of the molecule is C[C@H](NC(=O)OC(C)(C)C)C(=O)NCC(=O)C(C)(C)C. The number of hydrogen-bond donors (Lipinski definition) is 2. The number of ether oxygens (including phenoxy) is 1. The zero-order valence-corrected chi connectivity index (χ0v) is 13.4. The third-order valence-electron chi connectivity index (χ3n) is 2.39. The second-order valence-corrected chi connectivity index (χ2v) is 6.76. The number of hydrogen-bond acceptors (Lipinski definition) is 4. The fourth-order valence-corrected chi connectivity index (χ4v) is 1.14. The molecule has 0 aliphatic rings. The van der Waals surface area contributed by atoms with Crippen molar-refractivity contribution in [1.82, 2.24) is 10.6 Å². The molecule has 0 saturated carbocycles. The van der Waals surface area contributed by atoms with Gasteiger partial charge >= 0.3 is 6.09 Å². The summed E-state index contributed by atoms with van der Waals surface area (Å²) in [5.41, 5.74) is -1.13. The molecule has 0 aliphatic heterocycles. The lowest BCUT2D eigenvalue weighted by Gasteiger charge is -2.22. The van der Waals surface area contributed by atoms with Crippen LogP contribution in [0.25, 0.3) is 0 Å². The first-order valence-electron chi connectivity index (χ1n) is 6.63. The van der Waals surface area contributed by atoms with E-state index in [0.29, 0.717) is 0 Å². The molecular formula is C14H26N2O4. The van der Waals surface area contributed by atoms with E-state index in [1.165, 1.54) is 6.92 Å². The first kappa shape index (κ1) is 18.4. The van der Waals surface area contributed by atoms with E-state index in [2.05, 4.69) is 10.6 Å². The average Bonchev–Trinajstić information content (AvgIpc) is 2.20. The van der Waals surface area contributed by atoms with Crippen molar-refractivity contribution >= 4 is 17.8 Å². The summed E-state index contributed by atoms with van der Waals surface area (Å²) in [6.45, 7) is 12.0. The van der Waals surface area contributed by atoms with Crippen molar-refractivity contribution in [2.75, 3.05) is 6.54 Å². The lowest BCUT2D eigenvalue weighted by Crippen LogP contribution is -2.48. The van der Waals surface area contributed by atoms with E-state index < -0.39 is 29.1 Å². The van der Waals surface area contributed by atoms with Crippen molar-refractivity contribution < 1.29 is 19.1 Å². The lowest BCUT2D eigenvalue weighted by molar-refractivity contribution is -0.129. The van der Waals surface area contributed by atoms with E-state index in [4.69, 9.17) is 4.74 Å². The third kappa shape index (κ3) is 7.76. The van der Waals surface area contributed by atoms with Crippen molar-refractivity contribution in [2.24, 2.45) is 5.41 Å². The predicted octanol–water partition coefficient (Wildman–Crippen LogP) is 1.63. The van der Waals surface area contributed by atoms with Gasteiger partial charge in [0, 0.05) is 5.41 Å². The van der Waals surface area contributed by atoms with Crippen molar-refractivity contribution in [3.63, 3.8) is 0 Å². The van der Waals surface area contributed by atoms with Crippen LogP contribution in [0.5, 0.6) is 0 Å². The van der Waals surface area contributed by atoms with Crippen LogP contribution in [0, 0.1) is 5.41 Å². The molecule has 0 rings (SSSR count). The van der Waals surface area contributed by atoms with Gasteiger partial charge in [-0.15, -0.1) is 0 Å². The molecule has 0 radical (unpaired) electrons. The van der Waals surface area contributed by atoms with Crippen LogP contribution in [-0.4, -0.2) is 36.0 Å². The number of alkyl carbamates (subject to hydrolysis) is 1. The molecular weight excluding hydrogens is 260 g/mol. The van der Waals surface area contributed by atoms with Crippen molar-refractivity contribution in [1.29, 1.82) is 0 Å². The normalized spacial score (nSPS) is 13.3. The summed E-state index contributed by atoms with van der Waals surface area (Å²) in [5.74, 6) is -0.497. The predicted molar refractivity (Wildman–Crippen MR) is 76.3 cm³/mol. The Kier molecular flexibility index (Phi) is 6.19. The van der Waals surface area contributed by atoms with Crippen LogP contribution in [0.4, 0.5) is 4.79 Å². The maximum Gasteiger partial charge on any atom is 0.408 e. The summed E-state index contributed by atoms with van der Waals surface area (Å²) < 4.78 is 5.04. The quantitative estimate of drug-likeness (QED) is 0.822. The number of rotatable bonds is 4. The molecule has 2 N–H and O–H groups in total. The summed E-state index contributed by atoms with van der Waals surface area (Å²) in [7, 11) is 0. The molecule has 0 aromatic rings. The number of Topliss-reactive ketones (excluding diaryl/α,β-unsaturated/α-hetero) is 1. The summed E-state index contributed by atoms with van der Waals surface area (Å²) in [6, 6.07) is -0.766. The van der Waals surface area contributed by atoms with Gasteiger partial charge in [0.2, 0.25) is 5.91 Å². The molecule has 0 spiro atoms.